The fourth-order valence-electron chi connectivity index (χ4n) is 10.8. The molecule has 27 nitrogen and oxygen atoms in total. The number of aromatic nitrogens is 14. The zero-order chi connectivity index (χ0) is 88.5. The van der Waals surface area contributed by atoms with E-state index in [4.69, 9.17) is 37.0 Å². The summed E-state index contributed by atoms with van der Waals surface area (Å²) in [5.74, 6) is 3.85. The predicted molar refractivity (Wildman–Crippen MR) is 473 cm³/mol. The quantitative estimate of drug-likeness (QED) is 0.0217. The molecule has 0 radical (unpaired) electrons. The molecular formula is C90H140FN23O4+2. The number of halogens is 1. The Bertz CT molecular complexity index is 4180. The minimum atomic E-state index is -0.137. The van der Waals surface area contributed by atoms with Gasteiger partial charge in [-0.3, -0.25) is 30.7 Å². The minimum Gasteiger partial charge on any atom is -0.381 e. The highest BCUT2D eigenvalue weighted by molar-refractivity contribution is 5.81. The second-order valence-electron chi connectivity index (χ2n) is 29.2. The van der Waals surface area contributed by atoms with Gasteiger partial charge in [-0.05, 0) is 290 Å². The first-order chi connectivity index (χ1) is 56.0. The van der Waals surface area contributed by atoms with Crippen molar-refractivity contribution in [2.75, 3.05) is 87.2 Å². The van der Waals surface area contributed by atoms with Gasteiger partial charge in [0.2, 0.25) is 36.2 Å². The molecule has 118 heavy (non-hydrogen) atoms. The monoisotopic (exact) mass is 1630 g/mol. The van der Waals surface area contributed by atoms with Crippen molar-refractivity contribution in [3.05, 3.63) is 261 Å². The van der Waals surface area contributed by atoms with Crippen LogP contribution in [0.2, 0.25) is 0 Å². The fraction of sp³-hybridized carbons (Fsp3) is 0.467. The lowest BCUT2D eigenvalue weighted by atomic mass is 9.85. The molecule has 0 spiro atoms. The van der Waals surface area contributed by atoms with Gasteiger partial charge in [0.1, 0.15) is 23.8 Å². The Morgan fingerprint density at radius 2 is 1.08 bits per heavy atom. The van der Waals surface area contributed by atoms with Crippen molar-refractivity contribution < 1.29 is 33.7 Å². The Morgan fingerprint density at radius 3 is 1.51 bits per heavy atom. The molecule has 1 unspecified atom stereocenters. The largest absolute Gasteiger partial charge is 0.381 e. The van der Waals surface area contributed by atoms with Crippen LogP contribution in [-0.2, 0) is 48.5 Å². The Morgan fingerprint density at radius 1 is 0.551 bits per heavy atom. The van der Waals surface area contributed by atoms with Crippen LogP contribution in [0.5, 0.6) is 0 Å². The van der Waals surface area contributed by atoms with Crippen LogP contribution < -0.4 is 26.2 Å². The average Bonchev–Trinajstić information content (AvgIpc) is 1.11. The molecule has 28 heteroatoms. The molecule has 9 aromatic heterocycles. The molecular weight excluding hydrogens is 1490 g/mol. The summed E-state index contributed by atoms with van der Waals surface area (Å²) in [5, 5.41) is 36.3. The van der Waals surface area contributed by atoms with E-state index >= 15 is 0 Å². The van der Waals surface area contributed by atoms with Gasteiger partial charge in [0.25, 0.3) is 0 Å². The van der Waals surface area contributed by atoms with Crippen LogP contribution in [0.3, 0.4) is 0 Å². The predicted octanol–water partition coefficient (Wildman–Crippen LogP) is 14.3. The molecule has 10 aromatic rings. The van der Waals surface area contributed by atoms with Crippen molar-refractivity contribution >= 4 is 23.4 Å². The number of amidine groups is 1. The van der Waals surface area contributed by atoms with Crippen LogP contribution >= 0.6 is 0 Å². The standard InChI is InChI=1S/C9H11F.C9H15N2O.C9H14N2.C9H17NO.2C8H13N3.C8H12NO.C7H14N2O.C7H10N2.C6H8N2.C5H7N3.C5H6N2/c1-3-8-6-9(10)5-4-7(8)2;1-8-4-5-11(12)9(6-8)7-10(2)3;1-8-4-5-10-9(6-8)7-11(2)3;1-7(10)8-3-5-9(11-2)6-4-8;1-7-4-5-9-8(10-7)6-11(2)3;1-3-5-9-8-10-6-4-7(2)11-8;1-3-8-6-9(10)5-4-7(8)2;1-6(8)9-4-3-7(5-9)10-2;1-6-2-3-9-7(4-6)5-8;1-5-3-4-7-6(2)8-5;1-4-2-3-7-5(6)8-4;1-5-2-3-6-4-7-5/h4-6H,3H2,1-2H3;4-6,12H,7H2,1-3H3;4-6H,7H2,1-3H3;8-10H,3-6H2,1-2H3;4-5H,6H2,1-3H3;4,6H,3,5H2,1-2H3,(H,9,10,11);4-6,10H,3H2,1-2H3;7-8H,3-5H2,1-2H3;2-4H,5,8H2,1H3;3-4H,1-2H3;2-3H,1H3,(H2,6,7,8);2-4H,1H3/q;+1;;;;;+1;;;;;. The van der Waals surface area contributed by atoms with E-state index in [0.29, 0.717) is 36.5 Å². The molecule has 1 aliphatic carbocycles. The van der Waals surface area contributed by atoms with Crippen molar-refractivity contribution in [3.8, 4) is 0 Å². The molecule has 0 amide bonds. The smallest absolute Gasteiger partial charge is 0.248 e. The van der Waals surface area contributed by atoms with Crippen LogP contribution in [0, 0.1) is 98.7 Å². The summed E-state index contributed by atoms with van der Waals surface area (Å²) in [6.07, 6.45) is 28.3. The van der Waals surface area contributed by atoms with Gasteiger partial charge in [-0.25, -0.2) is 54.2 Å². The SMILES string of the molecule is CCCNc1nccc(C)n1.CCc1c[n+](O)ccc1C.CCc1cc(F)ccc1C.COC1CCC(C(C)=N)CC1.COC1CCN(C(C)=N)C1.Cc1cc[n+](O)c(CN(C)C)c1.Cc1ccnc(C)n1.Cc1ccnc(CN(C)C)c1.Cc1ccnc(CN(C)C)n1.Cc1ccnc(CN)c1.Cc1ccnc(N)n1.Cc1ccncn1. The minimum absolute atomic E-state index is 0.137. The van der Waals surface area contributed by atoms with Gasteiger partial charge >= 0.3 is 0 Å². The summed E-state index contributed by atoms with van der Waals surface area (Å²) in [5.41, 5.74) is 27.7. The van der Waals surface area contributed by atoms with Crippen LogP contribution in [0.15, 0.2) is 159 Å². The Balaban J connectivity index is 0.000000645. The lowest BCUT2D eigenvalue weighted by Gasteiger charge is -2.26. The van der Waals surface area contributed by atoms with Crippen molar-refractivity contribution in [3.63, 3.8) is 0 Å². The fourth-order valence-corrected chi connectivity index (χ4v) is 10.8. The van der Waals surface area contributed by atoms with Gasteiger partial charge in [-0.15, -0.1) is 0 Å². The van der Waals surface area contributed by atoms with Crippen molar-refractivity contribution in [2.45, 2.75) is 201 Å². The highest BCUT2D eigenvalue weighted by Crippen LogP contribution is 2.26. The molecule has 2 aliphatic rings. The first-order valence-electron chi connectivity index (χ1n) is 39.9. The van der Waals surface area contributed by atoms with Crippen LogP contribution in [0.4, 0.5) is 16.3 Å². The molecule has 2 fully saturated rings. The highest BCUT2D eigenvalue weighted by atomic mass is 19.1. The molecule has 9 N–H and O–H groups in total. The molecule has 1 aromatic carbocycles. The lowest BCUT2D eigenvalue weighted by molar-refractivity contribution is -0.910. The molecule has 1 saturated carbocycles. The van der Waals surface area contributed by atoms with E-state index in [1.807, 2.05) is 215 Å². The van der Waals surface area contributed by atoms with Crippen molar-refractivity contribution in [2.24, 2.45) is 11.7 Å². The summed E-state index contributed by atoms with van der Waals surface area (Å²) in [6, 6.07) is 28.0. The van der Waals surface area contributed by atoms with Gasteiger partial charge in [0.05, 0.1) is 42.5 Å². The van der Waals surface area contributed by atoms with Crippen LogP contribution in [0.1, 0.15) is 169 Å². The van der Waals surface area contributed by atoms with Gasteiger partial charge in [-0.2, -0.15) is 0 Å². The third-order valence-corrected chi connectivity index (χ3v) is 17.3. The van der Waals surface area contributed by atoms with E-state index in [2.05, 4.69) is 102 Å². The number of likely N-dealkylation sites (tertiary alicyclic amines) is 1. The van der Waals surface area contributed by atoms with Crippen LogP contribution in [0.25, 0.3) is 0 Å². The average molecular weight is 1630 g/mol. The topological polar surface area (TPSA) is 346 Å². The number of nitrogens with one attached hydrogen (secondary N) is 3. The number of nitrogen functional groups attached to an aromatic ring is 1. The van der Waals surface area contributed by atoms with Crippen molar-refractivity contribution in [1.29, 1.82) is 10.8 Å². The number of hydrogen-bond donors (Lipinski definition) is 7. The first kappa shape index (κ1) is 105. The second-order valence-corrected chi connectivity index (χ2v) is 29.2. The number of methoxy groups -OCH3 is 2. The molecule has 644 valence electrons. The number of benzene rings is 1. The molecule has 1 saturated heterocycles. The number of rotatable bonds is 15. The van der Waals surface area contributed by atoms with Gasteiger partial charge < -0.3 is 46.4 Å². The number of aryl methyl sites for hydroxylation is 13. The normalized spacial score (nSPS) is 13.2. The number of pyridine rings is 4. The number of nitrogens with zero attached hydrogens (tertiary/aromatic N) is 18. The third-order valence-electron chi connectivity index (χ3n) is 17.3. The molecule has 0 bridgehead atoms. The second kappa shape index (κ2) is 61.6. The maximum atomic E-state index is 12.5. The molecule has 10 heterocycles. The summed E-state index contributed by atoms with van der Waals surface area (Å²) >= 11 is 0. The zero-order valence-electron chi connectivity index (χ0n) is 75.1. The van der Waals surface area contributed by atoms with E-state index in [1.54, 1.807) is 82.1 Å². The number of ether oxygens (including phenoxy) is 2. The van der Waals surface area contributed by atoms with E-state index in [0.717, 1.165) is 180 Å². The van der Waals surface area contributed by atoms with E-state index in [-0.39, 0.29) is 5.82 Å². The maximum Gasteiger partial charge on any atom is 0.248 e. The first-order valence-corrected chi connectivity index (χ1v) is 39.9. The van der Waals surface area contributed by atoms with E-state index in [9.17, 15) is 9.60 Å². The van der Waals surface area contributed by atoms with E-state index in [1.165, 1.54) is 40.2 Å². The Labute approximate surface area is 704 Å². The van der Waals surface area contributed by atoms with Gasteiger partial charge in [0.15, 0.2) is 0 Å². The summed E-state index contributed by atoms with van der Waals surface area (Å²) in [7, 11) is 15.6. The number of hydrogen-bond acceptors (Lipinski definition) is 24. The third kappa shape index (κ3) is 51.4. The Hall–Kier alpha value is -10.8. The summed E-state index contributed by atoms with van der Waals surface area (Å²) in [6.45, 7) is 37.5. The summed E-state index contributed by atoms with van der Waals surface area (Å²) < 4.78 is 25.2. The van der Waals surface area contributed by atoms with Crippen LogP contribution in [-0.4, -0.2) is 190 Å². The molecule has 12 rings (SSSR count). The number of nitrogens with two attached hydrogens (primary N) is 2. The Kier molecular flexibility index (Phi) is 54.9. The van der Waals surface area contributed by atoms with E-state index < -0.39 is 0 Å². The zero-order valence-corrected chi connectivity index (χ0v) is 75.1. The molecule has 1 aliphatic heterocycles. The van der Waals surface area contributed by atoms with Crippen molar-refractivity contribution in [1.82, 2.24) is 79.4 Å². The maximum absolute atomic E-state index is 12.5. The molecule has 1 atom stereocenters. The lowest BCUT2D eigenvalue weighted by Crippen LogP contribution is -2.37. The van der Waals surface area contributed by atoms with Gasteiger partial charge in [-0.1, -0.05) is 26.8 Å². The summed E-state index contributed by atoms with van der Waals surface area (Å²) in [4.78, 5) is 56.3. The van der Waals surface area contributed by atoms with Gasteiger partial charge in [0, 0.05) is 158 Å². The highest BCUT2D eigenvalue weighted by Gasteiger charge is 2.23. The number of anilines is 2.